The molecule has 0 aromatic carbocycles. The number of aromatic nitrogens is 4. The van der Waals surface area contributed by atoms with Crippen molar-refractivity contribution in [3.63, 3.8) is 0 Å². The molecular formula is C19H29N5O4S. The van der Waals surface area contributed by atoms with Gasteiger partial charge in [-0.05, 0) is 19.4 Å². The van der Waals surface area contributed by atoms with Crippen molar-refractivity contribution >= 4 is 15.6 Å². The Balaban J connectivity index is 1.77. The highest BCUT2D eigenvalue weighted by Gasteiger charge is 2.30. The van der Waals surface area contributed by atoms with Crippen LogP contribution in [0, 0.1) is 5.92 Å². The molecule has 0 bridgehead atoms. The summed E-state index contributed by atoms with van der Waals surface area (Å²) in [7, 11) is -0.0145. The van der Waals surface area contributed by atoms with Gasteiger partial charge in [-0.3, -0.25) is 9.69 Å². The van der Waals surface area contributed by atoms with Crippen molar-refractivity contribution in [2.24, 2.45) is 13.0 Å². The molecular weight excluding hydrogens is 394 g/mol. The van der Waals surface area contributed by atoms with Gasteiger partial charge in [-0.25, -0.2) is 18.4 Å². The van der Waals surface area contributed by atoms with E-state index in [9.17, 15) is 13.2 Å². The Morgan fingerprint density at radius 3 is 2.79 bits per heavy atom. The summed E-state index contributed by atoms with van der Waals surface area (Å²) in [5.74, 6) is 0.433. The topological polar surface area (TPSA) is 99.3 Å². The van der Waals surface area contributed by atoms with Crippen LogP contribution < -0.4 is 0 Å². The number of carbonyl (C=O) groups excluding carboxylic acids is 1. The number of sulfone groups is 1. The Morgan fingerprint density at radius 1 is 1.34 bits per heavy atom. The molecule has 0 aliphatic carbocycles. The minimum atomic E-state index is -3.43. The molecule has 0 radical (unpaired) electrons. The first-order valence-corrected chi connectivity index (χ1v) is 11.5. The molecule has 0 amide bonds. The zero-order chi connectivity index (χ0) is 21.0. The molecule has 160 valence electrons. The fourth-order valence-corrected chi connectivity index (χ4v) is 4.76. The van der Waals surface area contributed by atoms with E-state index < -0.39 is 9.84 Å². The van der Waals surface area contributed by atoms with Gasteiger partial charge in [0.2, 0.25) is 20.8 Å². The molecule has 3 heterocycles. The molecule has 1 atom stereocenters. The van der Waals surface area contributed by atoms with Crippen LogP contribution in [0.1, 0.15) is 36.1 Å². The lowest BCUT2D eigenvalue weighted by molar-refractivity contribution is 0.0794. The lowest BCUT2D eigenvalue weighted by Crippen LogP contribution is -2.39. The van der Waals surface area contributed by atoms with Crippen molar-refractivity contribution in [2.75, 3.05) is 32.6 Å². The summed E-state index contributed by atoms with van der Waals surface area (Å²) in [5.41, 5.74) is 0.819. The van der Waals surface area contributed by atoms with Crippen LogP contribution in [0.25, 0.3) is 0 Å². The van der Waals surface area contributed by atoms with E-state index >= 15 is 0 Å². The fraction of sp³-hybridized carbons (Fsp3) is 0.632. The number of nitrogens with zero attached hydrogens (tertiary/aromatic N) is 5. The van der Waals surface area contributed by atoms with Gasteiger partial charge < -0.3 is 13.9 Å². The number of carbonyl (C=O) groups is 1. The third-order valence-electron chi connectivity index (χ3n) is 5.38. The highest BCUT2D eigenvalue weighted by atomic mass is 32.2. The summed E-state index contributed by atoms with van der Waals surface area (Å²) >= 11 is 0. The molecule has 9 nitrogen and oxygen atoms in total. The average Bonchev–Trinajstić information content (AvgIpc) is 3.32. The van der Waals surface area contributed by atoms with E-state index in [1.165, 1.54) is 0 Å². The predicted octanol–water partition coefficient (Wildman–Crippen LogP) is 1.15. The van der Waals surface area contributed by atoms with Gasteiger partial charge in [0.15, 0.2) is 5.82 Å². The molecule has 1 aliphatic rings. The molecule has 1 aliphatic heterocycles. The summed E-state index contributed by atoms with van der Waals surface area (Å²) in [5, 5.41) is 0.0877. The molecule has 3 rings (SSSR count). The van der Waals surface area contributed by atoms with E-state index in [4.69, 9.17) is 4.74 Å². The predicted molar refractivity (Wildman–Crippen MR) is 107 cm³/mol. The summed E-state index contributed by atoms with van der Waals surface area (Å²) in [6.45, 7) is 4.45. The summed E-state index contributed by atoms with van der Waals surface area (Å²) in [6, 6.07) is 0. The Hall–Kier alpha value is -2.04. The number of imidazole rings is 2. The standard InChI is InChI=1S/C19H29N5O4S/c1-4-29(26,27)19-21-12-16(24(19)10-11-28-3)14-23-8-5-6-15(13-23)17(25)18-20-7-9-22(18)2/h7,9,12,15H,4-6,8,10-11,13-14H2,1-3H3/t15-/m1/s1. The van der Waals surface area contributed by atoms with Crippen molar-refractivity contribution in [1.82, 2.24) is 24.0 Å². The van der Waals surface area contributed by atoms with E-state index in [1.807, 2.05) is 7.05 Å². The number of aryl methyl sites for hydroxylation is 1. The minimum absolute atomic E-state index is 0.000387. The summed E-state index contributed by atoms with van der Waals surface area (Å²) < 4.78 is 33.4. The smallest absolute Gasteiger partial charge is 0.227 e. The van der Waals surface area contributed by atoms with Crippen LogP contribution in [0.3, 0.4) is 0 Å². The first-order chi connectivity index (χ1) is 13.9. The van der Waals surface area contributed by atoms with Crippen LogP contribution in [0.4, 0.5) is 0 Å². The van der Waals surface area contributed by atoms with Gasteiger partial charge in [0.25, 0.3) is 0 Å². The first kappa shape index (κ1) is 21.7. The number of hydrogen-bond acceptors (Lipinski definition) is 7. The Bertz CT molecular complexity index is 950. The zero-order valence-electron chi connectivity index (χ0n) is 17.2. The SMILES string of the molecule is CCS(=O)(=O)c1ncc(CN2CCC[C@@H](C(=O)c3nccn3C)C2)n1CCOC. The number of methoxy groups -OCH3 is 1. The van der Waals surface area contributed by atoms with Crippen LogP contribution in [0.15, 0.2) is 23.7 Å². The van der Waals surface area contributed by atoms with Crippen LogP contribution in [-0.4, -0.2) is 70.8 Å². The van der Waals surface area contributed by atoms with Crippen molar-refractivity contribution < 1.29 is 17.9 Å². The molecule has 2 aromatic heterocycles. The first-order valence-electron chi connectivity index (χ1n) is 9.87. The van der Waals surface area contributed by atoms with Gasteiger partial charge in [-0.2, -0.15) is 0 Å². The van der Waals surface area contributed by atoms with E-state index in [1.54, 1.807) is 41.8 Å². The number of likely N-dealkylation sites (tertiary alicyclic amines) is 1. The molecule has 29 heavy (non-hydrogen) atoms. The number of hydrogen-bond donors (Lipinski definition) is 0. The van der Waals surface area contributed by atoms with E-state index in [-0.39, 0.29) is 22.6 Å². The van der Waals surface area contributed by atoms with Gasteiger partial charge in [0.05, 0.1) is 24.3 Å². The maximum atomic E-state index is 12.8. The van der Waals surface area contributed by atoms with E-state index in [0.717, 1.165) is 25.1 Å². The second kappa shape index (κ2) is 9.19. The molecule has 0 spiro atoms. The molecule has 0 unspecified atom stereocenters. The summed E-state index contributed by atoms with van der Waals surface area (Å²) in [6.07, 6.45) is 6.78. The maximum Gasteiger partial charge on any atom is 0.227 e. The number of ether oxygens (including phenoxy) is 1. The van der Waals surface area contributed by atoms with Crippen molar-refractivity contribution in [1.29, 1.82) is 0 Å². The van der Waals surface area contributed by atoms with Crippen molar-refractivity contribution in [3.05, 3.63) is 30.1 Å². The monoisotopic (exact) mass is 423 g/mol. The van der Waals surface area contributed by atoms with E-state index in [0.29, 0.717) is 32.1 Å². The second-order valence-corrected chi connectivity index (χ2v) is 9.55. The zero-order valence-corrected chi connectivity index (χ0v) is 18.1. The van der Waals surface area contributed by atoms with Crippen molar-refractivity contribution in [3.8, 4) is 0 Å². The minimum Gasteiger partial charge on any atom is -0.383 e. The highest BCUT2D eigenvalue weighted by Crippen LogP contribution is 2.23. The highest BCUT2D eigenvalue weighted by molar-refractivity contribution is 7.91. The van der Waals surface area contributed by atoms with Gasteiger partial charge >= 0.3 is 0 Å². The third kappa shape index (κ3) is 4.76. The van der Waals surface area contributed by atoms with E-state index in [2.05, 4.69) is 14.9 Å². The molecule has 2 aromatic rings. The molecule has 1 saturated heterocycles. The molecule has 1 fully saturated rings. The van der Waals surface area contributed by atoms with Gasteiger partial charge in [-0.15, -0.1) is 0 Å². The van der Waals surface area contributed by atoms with Gasteiger partial charge in [0, 0.05) is 52.1 Å². The van der Waals surface area contributed by atoms with Crippen molar-refractivity contribution in [2.45, 2.75) is 38.0 Å². The lowest BCUT2D eigenvalue weighted by Gasteiger charge is -2.31. The third-order valence-corrected chi connectivity index (χ3v) is 7.02. The van der Waals surface area contributed by atoms with Crippen LogP contribution in [0.2, 0.25) is 0 Å². The largest absolute Gasteiger partial charge is 0.383 e. The van der Waals surface area contributed by atoms with Crippen LogP contribution >= 0.6 is 0 Å². The Morgan fingerprint density at radius 2 is 2.14 bits per heavy atom. The van der Waals surface area contributed by atoms with Crippen LogP contribution in [0.5, 0.6) is 0 Å². The second-order valence-electron chi connectivity index (χ2n) is 7.38. The fourth-order valence-electron chi connectivity index (χ4n) is 3.75. The molecule has 0 N–H and O–H groups in total. The maximum absolute atomic E-state index is 12.8. The van der Waals surface area contributed by atoms with Gasteiger partial charge in [0.1, 0.15) is 0 Å². The quantitative estimate of drug-likeness (QED) is 0.558. The average molecular weight is 424 g/mol. The number of Topliss-reactive ketones (excluding diaryl/α,β-unsaturated/α-hetero) is 1. The number of rotatable bonds is 9. The number of ketones is 1. The normalized spacial score (nSPS) is 18.2. The molecule has 10 heteroatoms. The summed E-state index contributed by atoms with van der Waals surface area (Å²) in [4.78, 5) is 23.4. The Kier molecular flexibility index (Phi) is 6.86. The number of piperidine rings is 1. The van der Waals surface area contributed by atoms with Gasteiger partial charge in [-0.1, -0.05) is 6.92 Å². The molecule has 0 saturated carbocycles. The Labute approximate surface area is 171 Å². The lowest BCUT2D eigenvalue weighted by atomic mass is 9.93. The van der Waals surface area contributed by atoms with Crippen LogP contribution in [-0.2, 0) is 34.7 Å².